The zero-order chi connectivity index (χ0) is 6.69. The van der Waals surface area contributed by atoms with Crippen LogP contribution >= 0.6 is 0 Å². The Morgan fingerprint density at radius 1 is 1.18 bits per heavy atom. The number of carbonyl (C=O) groups excluding carboxylic acids is 1. The molecule has 0 aliphatic heterocycles. The molecule has 0 saturated heterocycles. The molecule has 0 bridgehead atoms. The molecule has 11 heavy (non-hydrogen) atoms. The maximum atomic E-state index is 10.1. The fourth-order valence-corrected chi connectivity index (χ4v) is 0.574. The predicted octanol–water partition coefficient (Wildman–Crippen LogP) is -0.712. The number of carboxylic acid groups (broad SMARTS) is 1. The Kier molecular flexibility index (Phi) is 9.55. The molecule has 1 aromatic carbocycles. The Balaban J connectivity index is 0. The van der Waals surface area contributed by atoms with Gasteiger partial charge in [0.15, 0.2) is 0 Å². The molecular weight excluding hydrogens is 180 g/mol. The molecule has 46 valence electrons. The summed E-state index contributed by atoms with van der Waals surface area (Å²) < 4.78 is 0. The van der Waals surface area contributed by atoms with E-state index in [2.05, 4.69) is 0 Å². The molecule has 0 heterocycles. The standard InChI is InChI=1S/C7H6O2.Ca.Mg/c8-7(9)6-4-2-1-3-5-6;;/h1-5H,(H,8,9);;/q;2*+2/p-1. The Morgan fingerprint density at radius 3 is 1.91 bits per heavy atom. The number of carbonyl (C=O) groups is 1. The first kappa shape index (κ1) is 14.3. The summed E-state index contributed by atoms with van der Waals surface area (Å²) in [6.07, 6.45) is 0. The fraction of sp³-hybridized carbons (Fsp3) is 0. The molecule has 2 nitrogen and oxygen atoms in total. The van der Waals surface area contributed by atoms with Crippen LogP contribution in [0.25, 0.3) is 0 Å². The number of hydrogen-bond acceptors (Lipinski definition) is 2. The molecule has 1 rings (SSSR count). The third-order valence-corrected chi connectivity index (χ3v) is 1.01. The molecular formula is C7H5CaMgO2+3. The summed E-state index contributed by atoms with van der Waals surface area (Å²) in [5.74, 6) is -1.13. The quantitative estimate of drug-likeness (QED) is 0.542. The van der Waals surface area contributed by atoms with Crippen LogP contribution in [-0.4, -0.2) is 66.8 Å². The number of rotatable bonds is 1. The average molecular weight is 185 g/mol. The monoisotopic (exact) mass is 185 g/mol. The van der Waals surface area contributed by atoms with E-state index in [0.29, 0.717) is 0 Å². The smallest absolute Gasteiger partial charge is 0.545 e. The second-order valence-electron chi connectivity index (χ2n) is 1.65. The van der Waals surface area contributed by atoms with Gasteiger partial charge in [0.25, 0.3) is 0 Å². The fourth-order valence-electron chi connectivity index (χ4n) is 0.574. The molecule has 1 aromatic rings. The maximum Gasteiger partial charge on any atom is 2.00 e. The SMILES string of the molecule is O=C([O-])c1ccccc1.[Ca+2].[Mg+2]. The van der Waals surface area contributed by atoms with Gasteiger partial charge in [0.1, 0.15) is 0 Å². The van der Waals surface area contributed by atoms with Gasteiger partial charge < -0.3 is 9.90 Å². The van der Waals surface area contributed by atoms with Gasteiger partial charge >= 0.3 is 60.8 Å². The van der Waals surface area contributed by atoms with Crippen LogP contribution in [-0.2, 0) is 0 Å². The van der Waals surface area contributed by atoms with Crippen molar-refractivity contribution >= 4 is 66.8 Å². The van der Waals surface area contributed by atoms with Crippen molar-refractivity contribution in [2.75, 3.05) is 0 Å². The normalized spacial score (nSPS) is 7.27. The molecule has 4 heteroatoms. The molecule has 0 aliphatic rings. The van der Waals surface area contributed by atoms with Crippen LogP contribution in [0, 0.1) is 0 Å². The van der Waals surface area contributed by atoms with Crippen LogP contribution in [0.4, 0.5) is 0 Å². The molecule has 0 aromatic heterocycles. The van der Waals surface area contributed by atoms with Crippen molar-refractivity contribution in [2.24, 2.45) is 0 Å². The number of hydrogen-bond donors (Lipinski definition) is 0. The Labute approximate surface area is 111 Å². The molecule has 0 amide bonds. The molecule has 0 unspecified atom stereocenters. The largest absolute Gasteiger partial charge is 2.00 e. The van der Waals surface area contributed by atoms with Crippen LogP contribution in [0.5, 0.6) is 0 Å². The van der Waals surface area contributed by atoms with E-state index in [1.165, 1.54) is 12.1 Å². The Morgan fingerprint density at radius 2 is 1.64 bits per heavy atom. The third kappa shape index (κ3) is 5.03. The van der Waals surface area contributed by atoms with E-state index in [9.17, 15) is 9.90 Å². The van der Waals surface area contributed by atoms with E-state index in [1.54, 1.807) is 18.2 Å². The van der Waals surface area contributed by atoms with Gasteiger partial charge in [0.2, 0.25) is 0 Å². The van der Waals surface area contributed by atoms with Crippen LogP contribution in [0.15, 0.2) is 30.3 Å². The zero-order valence-electron chi connectivity index (χ0n) is 6.12. The van der Waals surface area contributed by atoms with Crippen LogP contribution in [0.2, 0.25) is 0 Å². The predicted molar refractivity (Wildman–Crippen MR) is 42.3 cm³/mol. The van der Waals surface area contributed by atoms with Crippen molar-refractivity contribution in [3.8, 4) is 0 Å². The molecule has 0 aliphatic carbocycles. The van der Waals surface area contributed by atoms with Gasteiger partial charge in [-0.3, -0.25) is 0 Å². The minimum absolute atomic E-state index is 0. The zero-order valence-corrected chi connectivity index (χ0v) is 9.74. The second-order valence-corrected chi connectivity index (χ2v) is 1.65. The third-order valence-electron chi connectivity index (χ3n) is 1.01. The average Bonchev–Trinajstić information content (AvgIpc) is 1.90. The van der Waals surface area contributed by atoms with Crippen molar-refractivity contribution in [3.05, 3.63) is 35.9 Å². The Hall–Kier alpha value is 0.716. The number of carboxylic acids is 1. The van der Waals surface area contributed by atoms with Crippen molar-refractivity contribution in [1.29, 1.82) is 0 Å². The summed E-state index contributed by atoms with van der Waals surface area (Å²) in [7, 11) is 0. The van der Waals surface area contributed by atoms with Crippen LogP contribution < -0.4 is 5.11 Å². The van der Waals surface area contributed by atoms with E-state index < -0.39 is 5.97 Å². The first-order valence-corrected chi connectivity index (χ1v) is 2.57. The molecule has 0 atom stereocenters. The summed E-state index contributed by atoms with van der Waals surface area (Å²) in [5, 5.41) is 10.1. The summed E-state index contributed by atoms with van der Waals surface area (Å²) in [4.78, 5) is 10.1. The van der Waals surface area contributed by atoms with Gasteiger partial charge in [-0.05, 0) is 5.56 Å². The van der Waals surface area contributed by atoms with Crippen LogP contribution in [0.1, 0.15) is 10.4 Å². The first-order valence-electron chi connectivity index (χ1n) is 2.57. The summed E-state index contributed by atoms with van der Waals surface area (Å²) in [6.45, 7) is 0. The van der Waals surface area contributed by atoms with Gasteiger partial charge in [-0.2, -0.15) is 0 Å². The van der Waals surface area contributed by atoms with Crippen LogP contribution in [0.3, 0.4) is 0 Å². The van der Waals surface area contributed by atoms with Gasteiger partial charge in [-0.1, -0.05) is 30.3 Å². The van der Waals surface area contributed by atoms with E-state index >= 15 is 0 Å². The van der Waals surface area contributed by atoms with Gasteiger partial charge in [-0.15, -0.1) is 0 Å². The van der Waals surface area contributed by atoms with Gasteiger partial charge in [-0.25, -0.2) is 0 Å². The van der Waals surface area contributed by atoms with E-state index in [0.717, 1.165) is 0 Å². The summed E-state index contributed by atoms with van der Waals surface area (Å²) in [5.41, 5.74) is 0.220. The van der Waals surface area contributed by atoms with Crippen molar-refractivity contribution in [3.63, 3.8) is 0 Å². The number of aromatic carboxylic acids is 1. The van der Waals surface area contributed by atoms with Crippen molar-refractivity contribution in [2.45, 2.75) is 0 Å². The molecule has 0 N–H and O–H groups in total. The van der Waals surface area contributed by atoms with Gasteiger partial charge in [0.05, 0.1) is 5.97 Å². The minimum Gasteiger partial charge on any atom is -0.545 e. The first-order chi connectivity index (χ1) is 4.30. The van der Waals surface area contributed by atoms with E-state index in [4.69, 9.17) is 0 Å². The van der Waals surface area contributed by atoms with Gasteiger partial charge in [0, 0.05) is 0 Å². The van der Waals surface area contributed by atoms with Crippen molar-refractivity contribution in [1.82, 2.24) is 0 Å². The van der Waals surface area contributed by atoms with Crippen molar-refractivity contribution < 1.29 is 9.90 Å². The molecule has 0 fully saturated rings. The Bertz CT molecular complexity index is 213. The molecule has 0 saturated carbocycles. The topological polar surface area (TPSA) is 40.1 Å². The summed E-state index contributed by atoms with van der Waals surface area (Å²) >= 11 is 0. The number of benzene rings is 1. The molecule has 0 spiro atoms. The summed E-state index contributed by atoms with van der Waals surface area (Å²) in [6, 6.07) is 8.06. The van der Waals surface area contributed by atoms with E-state index in [-0.39, 0.29) is 66.4 Å². The second kappa shape index (κ2) is 7.37. The molecule has 0 radical (unpaired) electrons. The minimum atomic E-state index is -1.13. The van der Waals surface area contributed by atoms with E-state index in [1.807, 2.05) is 0 Å². The maximum absolute atomic E-state index is 10.1.